The Morgan fingerprint density at radius 1 is 1.03 bits per heavy atom. The van der Waals surface area contributed by atoms with E-state index in [0.717, 1.165) is 22.6 Å². The summed E-state index contributed by atoms with van der Waals surface area (Å²) in [5.41, 5.74) is 8.39. The van der Waals surface area contributed by atoms with Crippen molar-refractivity contribution in [3.8, 4) is 5.69 Å². The Morgan fingerprint density at radius 2 is 1.70 bits per heavy atom. The lowest BCUT2D eigenvalue weighted by Crippen LogP contribution is -2.18. The van der Waals surface area contributed by atoms with Crippen molar-refractivity contribution in [3.05, 3.63) is 86.7 Å². The number of hydrogen-bond acceptors (Lipinski definition) is 2. The van der Waals surface area contributed by atoms with Crippen molar-refractivity contribution in [1.29, 1.82) is 0 Å². The lowest BCUT2D eigenvalue weighted by molar-refractivity contribution is 0.0955. The maximum absolute atomic E-state index is 12.3. The Labute approximate surface area is 187 Å². The van der Waals surface area contributed by atoms with E-state index in [1.807, 2.05) is 19.9 Å². The molecule has 0 aliphatic rings. The van der Waals surface area contributed by atoms with E-state index in [4.69, 9.17) is 23.2 Å². The number of nitrogens with zero attached hydrogens (tertiary/aromatic N) is 2. The van der Waals surface area contributed by atoms with Gasteiger partial charge in [0.05, 0.1) is 16.8 Å². The number of hydrogen-bond donors (Lipinski definition) is 1. The number of aromatic nitrogens is 1. The average molecular weight is 442 g/mol. The number of aryl methyl sites for hydroxylation is 1. The Hall–Kier alpha value is -2.56. The van der Waals surface area contributed by atoms with E-state index in [0.29, 0.717) is 10.6 Å². The number of carbonyl (C=O) groups excluding carboxylic acids is 1. The summed E-state index contributed by atoms with van der Waals surface area (Å²) in [6, 6.07) is 15.3. The third-order valence-corrected chi connectivity index (χ3v) is 5.56. The van der Waals surface area contributed by atoms with Gasteiger partial charge in [-0.3, -0.25) is 4.79 Å². The van der Waals surface area contributed by atoms with Gasteiger partial charge in [-0.1, -0.05) is 56.1 Å². The molecule has 0 radical (unpaired) electrons. The molecule has 1 heterocycles. The molecule has 0 fully saturated rings. The number of carbonyl (C=O) groups is 1. The molecule has 2 aromatic carbocycles. The van der Waals surface area contributed by atoms with Gasteiger partial charge in [0.15, 0.2) is 0 Å². The highest BCUT2D eigenvalue weighted by atomic mass is 35.5. The monoisotopic (exact) mass is 441 g/mol. The first kappa shape index (κ1) is 22.1. The van der Waals surface area contributed by atoms with E-state index >= 15 is 0 Å². The molecule has 3 aromatic rings. The number of nitrogens with one attached hydrogen (secondary N) is 1. The van der Waals surface area contributed by atoms with Crippen molar-refractivity contribution < 1.29 is 4.79 Å². The van der Waals surface area contributed by atoms with Gasteiger partial charge < -0.3 is 4.57 Å². The van der Waals surface area contributed by atoms with Crippen LogP contribution in [0, 0.1) is 13.8 Å². The van der Waals surface area contributed by atoms with Crippen LogP contribution in [0.3, 0.4) is 0 Å². The van der Waals surface area contributed by atoms with E-state index in [1.165, 1.54) is 11.6 Å². The van der Waals surface area contributed by atoms with Crippen LogP contribution < -0.4 is 5.43 Å². The van der Waals surface area contributed by atoms with Crippen molar-refractivity contribution >= 4 is 35.3 Å². The number of rotatable bonds is 4. The summed E-state index contributed by atoms with van der Waals surface area (Å²) in [7, 11) is 0. The lowest BCUT2D eigenvalue weighted by Gasteiger charge is -2.20. The number of benzene rings is 2. The van der Waals surface area contributed by atoms with E-state index in [9.17, 15) is 4.79 Å². The summed E-state index contributed by atoms with van der Waals surface area (Å²) in [6.07, 6.45) is 1.64. The van der Waals surface area contributed by atoms with Gasteiger partial charge in [-0.05, 0) is 61.2 Å². The topological polar surface area (TPSA) is 46.4 Å². The summed E-state index contributed by atoms with van der Waals surface area (Å²) in [6.45, 7) is 10.7. The molecule has 0 atom stereocenters. The fourth-order valence-corrected chi connectivity index (χ4v) is 3.81. The van der Waals surface area contributed by atoms with Crippen LogP contribution >= 0.6 is 23.2 Å². The van der Waals surface area contributed by atoms with Gasteiger partial charge in [-0.15, -0.1) is 0 Å². The minimum absolute atomic E-state index is 0.113. The van der Waals surface area contributed by atoms with E-state index in [-0.39, 0.29) is 16.3 Å². The van der Waals surface area contributed by atoms with Crippen LogP contribution in [0.4, 0.5) is 0 Å². The largest absolute Gasteiger partial charge is 0.318 e. The SMILES string of the molecule is Cc1cc(C=NNC(=O)c2ccc(Cl)cc2Cl)c(C)n1-c1ccc(C(C)(C)C)cc1. The number of hydrazone groups is 1. The summed E-state index contributed by atoms with van der Waals surface area (Å²) >= 11 is 11.9. The van der Waals surface area contributed by atoms with E-state index in [2.05, 4.69) is 60.1 Å². The average Bonchev–Trinajstić information content (AvgIpc) is 2.94. The van der Waals surface area contributed by atoms with Crippen molar-refractivity contribution in [3.63, 3.8) is 0 Å². The molecule has 0 saturated carbocycles. The molecule has 1 amide bonds. The minimum atomic E-state index is -0.389. The maximum atomic E-state index is 12.3. The quantitative estimate of drug-likeness (QED) is 0.366. The number of halogens is 2. The zero-order chi connectivity index (χ0) is 22.1. The smallest absolute Gasteiger partial charge is 0.272 e. The second-order valence-electron chi connectivity index (χ2n) is 8.28. The second-order valence-corrected chi connectivity index (χ2v) is 9.13. The molecule has 0 aliphatic carbocycles. The predicted octanol–water partition coefficient (Wildman–Crippen LogP) is 6.46. The fourth-order valence-electron chi connectivity index (χ4n) is 3.32. The molecule has 0 spiro atoms. The molecule has 3 rings (SSSR count). The second kappa shape index (κ2) is 8.66. The van der Waals surface area contributed by atoms with Crippen molar-refractivity contribution in [2.24, 2.45) is 5.10 Å². The van der Waals surface area contributed by atoms with Crippen molar-refractivity contribution in [2.75, 3.05) is 0 Å². The highest BCUT2D eigenvalue weighted by Crippen LogP contribution is 2.25. The predicted molar refractivity (Wildman–Crippen MR) is 125 cm³/mol. The van der Waals surface area contributed by atoms with Crippen LogP contribution in [0.15, 0.2) is 53.6 Å². The van der Waals surface area contributed by atoms with Crippen LogP contribution in [0.5, 0.6) is 0 Å². The minimum Gasteiger partial charge on any atom is -0.318 e. The molecule has 30 heavy (non-hydrogen) atoms. The first-order valence-electron chi connectivity index (χ1n) is 9.66. The molecule has 1 aromatic heterocycles. The zero-order valence-electron chi connectivity index (χ0n) is 17.8. The van der Waals surface area contributed by atoms with Gasteiger partial charge in [-0.25, -0.2) is 5.43 Å². The highest BCUT2D eigenvalue weighted by molar-refractivity contribution is 6.36. The van der Waals surface area contributed by atoms with E-state index < -0.39 is 0 Å². The van der Waals surface area contributed by atoms with Crippen molar-refractivity contribution in [2.45, 2.75) is 40.0 Å². The molecule has 0 unspecified atom stereocenters. The molecule has 4 nitrogen and oxygen atoms in total. The van der Waals surface area contributed by atoms with E-state index in [1.54, 1.807) is 18.3 Å². The molecule has 6 heteroatoms. The number of amides is 1. The summed E-state index contributed by atoms with van der Waals surface area (Å²) in [4.78, 5) is 12.3. The maximum Gasteiger partial charge on any atom is 0.272 e. The highest BCUT2D eigenvalue weighted by Gasteiger charge is 2.15. The Balaban J connectivity index is 1.79. The normalized spacial score (nSPS) is 11.8. The Bertz CT molecular complexity index is 1110. The summed E-state index contributed by atoms with van der Waals surface area (Å²) in [5.74, 6) is -0.389. The Morgan fingerprint density at radius 3 is 2.30 bits per heavy atom. The van der Waals surface area contributed by atoms with Gasteiger partial charge in [-0.2, -0.15) is 5.10 Å². The fraction of sp³-hybridized carbons (Fsp3) is 0.250. The van der Waals surface area contributed by atoms with Gasteiger partial charge in [0.25, 0.3) is 5.91 Å². The molecular weight excluding hydrogens is 417 g/mol. The van der Waals surface area contributed by atoms with Gasteiger partial charge >= 0.3 is 0 Å². The molecule has 0 saturated heterocycles. The van der Waals surface area contributed by atoms with Gasteiger partial charge in [0.1, 0.15) is 0 Å². The standard InChI is InChI=1S/C24H25Cl2N3O/c1-15-12-17(14-27-28-23(30)21-11-8-19(25)13-22(21)26)16(2)29(15)20-9-6-18(7-10-20)24(3,4)5/h6-14H,1-5H3,(H,28,30). The molecular formula is C24H25Cl2N3O. The lowest BCUT2D eigenvalue weighted by atomic mass is 9.87. The van der Waals surface area contributed by atoms with Crippen molar-refractivity contribution in [1.82, 2.24) is 9.99 Å². The third-order valence-electron chi connectivity index (χ3n) is 5.01. The zero-order valence-corrected chi connectivity index (χ0v) is 19.3. The molecule has 156 valence electrons. The van der Waals surface area contributed by atoms with Crippen LogP contribution in [0.2, 0.25) is 10.0 Å². The summed E-state index contributed by atoms with van der Waals surface area (Å²) < 4.78 is 2.17. The van der Waals surface area contributed by atoms with Crippen LogP contribution in [0.25, 0.3) is 5.69 Å². The van der Waals surface area contributed by atoms with Crippen LogP contribution in [0.1, 0.15) is 53.6 Å². The third kappa shape index (κ3) is 4.77. The Kier molecular flexibility index (Phi) is 6.39. The summed E-state index contributed by atoms with van der Waals surface area (Å²) in [5, 5.41) is 4.87. The van der Waals surface area contributed by atoms with Crippen LogP contribution in [-0.2, 0) is 5.41 Å². The van der Waals surface area contributed by atoms with Gasteiger partial charge in [0.2, 0.25) is 0 Å². The molecule has 0 bridgehead atoms. The first-order valence-corrected chi connectivity index (χ1v) is 10.4. The first-order chi connectivity index (χ1) is 14.1. The molecule has 1 N–H and O–H groups in total. The van der Waals surface area contributed by atoms with Crippen LogP contribution in [-0.4, -0.2) is 16.7 Å². The molecule has 0 aliphatic heterocycles. The van der Waals surface area contributed by atoms with Gasteiger partial charge in [0, 0.05) is 27.7 Å².